The topological polar surface area (TPSA) is 120 Å². The smallest absolute Gasteiger partial charge is 0.303 e. The molecule has 1 rings (SSSR count). The second kappa shape index (κ2) is 6.30. The van der Waals surface area contributed by atoms with Crippen molar-refractivity contribution in [1.29, 1.82) is 5.26 Å². The van der Waals surface area contributed by atoms with Crippen LogP contribution in [-0.4, -0.2) is 34.6 Å². The summed E-state index contributed by atoms with van der Waals surface area (Å²) < 4.78 is 0. The molecule has 0 unspecified atom stereocenters. The SMILES string of the molecule is CN(CCCC(=O)O)c1ncc([N+](=O)[O-])cc1C#N. The van der Waals surface area contributed by atoms with Gasteiger partial charge in [0.15, 0.2) is 0 Å². The standard InChI is InChI=1S/C11H12N4O4/c1-14(4-2-3-10(16)17)11-8(6-12)5-9(7-13-11)15(18)19/h5,7H,2-4H2,1H3,(H,16,17). The van der Waals surface area contributed by atoms with Gasteiger partial charge in [-0.1, -0.05) is 0 Å². The van der Waals surface area contributed by atoms with Gasteiger partial charge in [-0.25, -0.2) is 4.98 Å². The van der Waals surface area contributed by atoms with Gasteiger partial charge in [-0.15, -0.1) is 0 Å². The van der Waals surface area contributed by atoms with Crippen LogP contribution in [0.15, 0.2) is 12.3 Å². The van der Waals surface area contributed by atoms with E-state index in [2.05, 4.69) is 4.98 Å². The number of hydrogen-bond acceptors (Lipinski definition) is 6. The highest BCUT2D eigenvalue weighted by molar-refractivity contribution is 5.66. The quantitative estimate of drug-likeness (QED) is 0.604. The van der Waals surface area contributed by atoms with E-state index in [4.69, 9.17) is 10.4 Å². The zero-order valence-corrected chi connectivity index (χ0v) is 10.2. The van der Waals surface area contributed by atoms with Gasteiger partial charge in [0.1, 0.15) is 23.6 Å². The van der Waals surface area contributed by atoms with Crippen LogP contribution in [0.3, 0.4) is 0 Å². The highest BCUT2D eigenvalue weighted by Gasteiger charge is 2.15. The monoisotopic (exact) mass is 264 g/mol. The zero-order valence-electron chi connectivity index (χ0n) is 10.2. The Morgan fingerprint density at radius 2 is 2.37 bits per heavy atom. The van der Waals surface area contributed by atoms with Gasteiger partial charge in [0.25, 0.3) is 5.69 Å². The zero-order chi connectivity index (χ0) is 14.4. The molecule has 0 spiro atoms. The number of carboxylic acid groups (broad SMARTS) is 1. The summed E-state index contributed by atoms with van der Waals surface area (Å²) in [6, 6.07) is 2.99. The summed E-state index contributed by atoms with van der Waals surface area (Å²) in [5.41, 5.74) is -0.161. The molecule has 1 N–H and O–H groups in total. The maximum Gasteiger partial charge on any atom is 0.303 e. The van der Waals surface area contributed by atoms with Gasteiger partial charge in [0.2, 0.25) is 0 Å². The predicted octanol–water partition coefficient (Wildman–Crippen LogP) is 1.16. The van der Waals surface area contributed by atoms with E-state index in [-0.39, 0.29) is 17.7 Å². The van der Waals surface area contributed by atoms with Crippen molar-refractivity contribution in [3.63, 3.8) is 0 Å². The fourth-order valence-electron chi connectivity index (χ4n) is 1.51. The molecule has 8 nitrogen and oxygen atoms in total. The van der Waals surface area contributed by atoms with Gasteiger partial charge in [0.05, 0.1) is 4.92 Å². The second-order valence-electron chi connectivity index (χ2n) is 3.85. The van der Waals surface area contributed by atoms with Gasteiger partial charge in [0, 0.05) is 26.1 Å². The number of anilines is 1. The first-order chi connectivity index (χ1) is 8.95. The fraction of sp³-hybridized carbons (Fsp3) is 0.364. The molecule has 0 aliphatic heterocycles. The van der Waals surface area contributed by atoms with Crippen LogP contribution in [0.2, 0.25) is 0 Å². The van der Waals surface area contributed by atoms with Crippen molar-refractivity contribution >= 4 is 17.5 Å². The molecule has 0 aliphatic rings. The summed E-state index contributed by atoms with van der Waals surface area (Å²) in [6.07, 6.45) is 1.48. The van der Waals surface area contributed by atoms with E-state index in [1.807, 2.05) is 6.07 Å². The van der Waals surface area contributed by atoms with E-state index in [1.165, 1.54) is 0 Å². The van der Waals surface area contributed by atoms with Crippen molar-refractivity contribution in [3.8, 4) is 6.07 Å². The lowest BCUT2D eigenvalue weighted by molar-refractivity contribution is -0.385. The van der Waals surface area contributed by atoms with Gasteiger partial charge in [-0.2, -0.15) is 5.26 Å². The van der Waals surface area contributed by atoms with E-state index in [9.17, 15) is 14.9 Å². The molecule has 0 bridgehead atoms. The van der Waals surface area contributed by atoms with Crippen LogP contribution in [0.1, 0.15) is 18.4 Å². The van der Waals surface area contributed by atoms with Crippen molar-refractivity contribution in [2.45, 2.75) is 12.8 Å². The van der Waals surface area contributed by atoms with Crippen LogP contribution >= 0.6 is 0 Å². The first-order valence-corrected chi connectivity index (χ1v) is 5.43. The lowest BCUT2D eigenvalue weighted by Crippen LogP contribution is -2.21. The highest BCUT2D eigenvalue weighted by Crippen LogP contribution is 2.21. The summed E-state index contributed by atoms with van der Waals surface area (Å²) in [5.74, 6) is -0.593. The summed E-state index contributed by atoms with van der Waals surface area (Å²) >= 11 is 0. The number of nitro groups is 1. The van der Waals surface area contributed by atoms with Gasteiger partial charge in [-0.3, -0.25) is 14.9 Å². The van der Waals surface area contributed by atoms with Crippen molar-refractivity contribution in [2.24, 2.45) is 0 Å². The fourth-order valence-corrected chi connectivity index (χ4v) is 1.51. The van der Waals surface area contributed by atoms with E-state index in [1.54, 1.807) is 11.9 Å². The van der Waals surface area contributed by atoms with E-state index >= 15 is 0 Å². The van der Waals surface area contributed by atoms with Crippen LogP contribution in [-0.2, 0) is 4.79 Å². The molecule has 8 heteroatoms. The Bertz CT molecular complexity index is 538. The molecule has 0 saturated heterocycles. The third kappa shape index (κ3) is 3.92. The van der Waals surface area contributed by atoms with Crippen molar-refractivity contribution in [2.75, 3.05) is 18.5 Å². The van der Waals surface area contributed by atoms with E-state index in [0.29, 0.717) is 18.8 Å². The molecule has 0 saturated carbocycles. The molecule has 0 fully saturated rings. The maximum atomic E-state index is 10.6. The molecule has 0 aliphatic carbocycles. The van der Waals surface area contributed by atoms with Crippen LogP contribution in [0.25, 0.3) is 0 Å². The summed E-state index contributed by atoms with van der Waals surface area (Å²) in [7, 11) is 1.65. The molecule has 1 aromatic heterocycles. The number of aliphatic carboxylic acids is 1. The minimum absolute atomic E-state index is 0.0131. The number of rotatable bonds is 6. The molecular weight excluding hydrogens is 252 g/mol. The normalized spacial score (nSPS) is 9.68. The first kappa shape index (κ1) is 14.4. The molecule has 0 aromatic carbocycles. The van der Waals surface area contributed by atoms with Gasteiger partial charge in [-0.05, 0) is 6.42 Å². The number of carboxylic acids is 1. The Labute approximate surface area is 109 Å². The summed E-state index contributed by atoms with van der Waals surface area (Å²) in [4.78, 5) is 25.8. The number of carbonyl (C=O) groups is 1. The second-order valence-corrected chi connectivity index (χ2v) is 3.85. The van der Waals surface area contributed by atoms with Crippen LogP contribution in [0.5, 0.6) is 0 Å². The lowest BCUT2D eigenvalue weighted by atomic mass is 10.2. The maximum absolute atomic E-state index is 10.6. The number of nitriles is 1. The first-order valence-electron chi connectivity index (χ1n) is 5.43. The van der Waals surface area contributed by atoms with E-state index in [0.717, 1.165) is 12.3 Å². The Kier molecular flexibility index (Phi) is 4.76. The Hall–Kier alpha value is -2.69. The molecule has 0 atom stereocenters. The summed E-state index contributed by atoms with van der Waals surface area (Å²) in [6.45, 7) is 0.395. The molecule has 1 heterocycles. The number of hydrogen-bond donors (Lipinski definition) is 1. The van der Waals surface area contributed by atoms with Crippen molar-refractivity contribution in [3.05, 3.63) is 27.9 Å². The predicted molar refractivity (Wildman–Crippen MR) is 65.7 cm³/mol. The Morgan fingerprint density at radius 1 is 1.68 bits per heavy atom. The van der Waals surface area contributed by atoms with Gasteiger partial charge >= 0.3 is 5.97 Å². The lowest BCUT2D eigenvalue weighted by Gasteiger charge is -2.18. The number of pyridine rings is 1. The Balaban J connectivity index is 2.85. The minimum atomic E-state index is -0.898. The van der Waals surface area contributed by atoms with Gasteiger partial charge < -0.3 is 10.0 Å². The summed E-state index contributed by atoms with van der Waals surface area (Å²) in [5, 5.41) is 28.1. The van der Waals surface area contributed by atoms with E-state index < -0.39 is 10.9 Å². The largest absolute Gasteiger partial charge is 0.481 e. The average Bonchev–Trinajstić information content (AvgIpc) is 2.37. The van der Waals surface area contributed by atoms with Crippen LogP contribution in [0.4, 0.5) is 11.5 Å². The molecule has 1 aromatic rings. The van der Waals surface area contributed by atoms with Crippen molar-refractivity contribution < 1.29 is 14.8 Å². The highest BCUT2D eigenvalue weighted by atomic mass is 16.6. The number of aromatic nitrogens is 1. The number of nitrogens with zero attached hydrogens (tertiary/aromatic N) is 4. The third-order valence-corrected chi connectivity index (χ3v) is 2.43. The molecule has 0 radical (unpaired) electrons. The minimum Gasteiger partial charge on any atom is -0.481 e. The van der Waals surface area contributed by atoms with Crippen molar-refractivity contribution in [1.82, 2.24) is 4.98 Å². The molecule has 19 heavy (non-hydrogen) atoms. The Morgan fingerprint density at radius 3 is 2.89 bits per heavy atom. The van der Waals surface area contributed by atoms with Crippen LogP contribution < -0.4 is 4.90 Å². The van der Waals surface area contributed by atoms with Crippen LogP contribution in [0, 0.1) is 21.4 Å². The molecule has 100 valence electrons. The molecule has 0 amide bonds. The third-order valence-electron chi connectivity index (χ3n) is 2.43. The average molecular weight is 264 g/mol. The molecular formula is C11H12N4O4.